The molecule has 118 valence electrons. The number of carbonyl (C=O) groups is 1. The van der Waals surface area contributed by atoms with Gasteiger partial charge in [-0.25, -0.2) is 0 Å². The van der Waals surface area contributed by atoms with E-state index in [9.17, 15) is 4.79 Å². The van der Waals surface area contributed by atoms with Gasteiger partial charge in [-0.2, -0.15) is 0 Å². The summed E-state index contributed by atoms with van der Waals surface area (Å²) in [6.07, 6.45) is 2.18. The average Bonchev–Trinajstić information content (AvgIpc) is 2.34. The molecule has 0 spiro atoms. The van der Waals surface area contributed by atoms with Gasteiger partial charge in [-0.05, 0) is 25.7 Å². The molecule has 3 unspecified atom stereocenters. The fourth-order valence-corrected chi connectivity index (χ4v) is 2.92. The number of ether oxygens (including phenoxy) is 1. The van der Waals surface area contributed by atoms with Crippen LogP contribution in [0.15, 0.2) is 0 Å². The first-order valence-corrected chi connectivity index (χ1v) is 7.78. The maximum Gasteiger partial charge on any atom is 0.239 e. The van der Waals surface area contributed by atoms with E-state index in [4.69, 9.17) is 4.74 Å². The van der Waals surface area contributed by atoms with E-state index in [-0.39, 0.29) is 17.4 Å². The molecular weight excluding hydrogens is 252 g/mol. The summed E-state index contributed by atoms with van der Waals surface area (Å²) in [4.78, 5) is 14.0. The highest BCUT2D eigenvalue weighted by Crippen LogP contribution is 2.43. The Hall–Kier alpha value is -0.610. The van der Waals surface area contributed by atoms with Gasteiger partial charge in [-0.15, -0.1) is 0 Å². The first-order valence-electron chi connectivity index (χ1n) is 7.78. The van der Waals surface area contributed by atoms with E-state index >= 15 is 0 Å². The van der Waals surface area contributed by atoms with Crippen molar-refractivity contribution in [3.05, 3.63) is 0 Å². The molecule has 1 amide bonds. The second-order valence-electron chi connectivity index (χ2n) is 7.14. The van der Waals surface area contributed by atoms with Crippen LogP contribution in [0.25, 0.3) is 0 Å². The lowest BCUT2D eigenvalue weighted by molar-refractivity contribution is -0.137. The molecule has 4 nitrogen and oxygen atoms in total. The van der Waals surface area contributed by atoms with Crippen molar-refractivity contribution >= 4 is 5.91 Å². The van der Waals surface area contributed by atoms with Gasteiger partial charge in [-0.3, -0.25) is 4.79 Å². The van der Waals surface area contributed by atoms with Gasteiger partial charge in [0.1, 0.15) is 0 Å². The zero-order chi connectivity index (χ0) is 15.5. The summed E-state index contributed by atoms with van der Waals surface area (Å²) in [5.74, 6) is 0.677. The summed E-state index contributed by atoms with van der Waals surface area (Å²) in [7, 11) is 3.65. The molecule has 20 heavy (non-hydrogen) atoms. The molecule has 1 rings (SSSR count). The quantitative estimate of drug-likeness (QED) is 0.780. The lowest BCUT2D eigenvalue weighted by atomic mass is 9.64. The predicted molar refractivity (Wildman–Crippen MR) is 82.7 cm³/mol. The predicted octanol–water partition coefficient (Wildman–Crippen LogP) is 2.28. The van der Waals surface area contributed by atoms with Gasteiger partial charge in [0.25, 0.3) is 0 Å². The summed E-state index contributed by atoms with van der Waals surface area (Å²) < 4.78 is 5.76. The van der Waals surface area contributed by atoms with E-state index in [0.29, 0.717) is 18.1 Å². The Morgan fingerprint density at radius 2 is 2.00 bits per heavy atom. The molecule has 1 aliphatic carbocycles. The number of nitrogens with zero attached hydrogens (tertiary/aromatic N) is 1. The summed E-state index contributed by atoms with van der Waals surface area (Å²) in [6, 6.07) is 0.267. The van der Waals surface area contributed by atoms with E-state index < -0.39 is 0 Å². The number of rotatable bonds is 7. The normalized spacial score (nSPS) is 26.2. The molecule has 1 aliphatic rings. The first-order chi connectivity index (χ1) is 9.20. The monoisotopic (exact) mass is 284 g/mol. The molecular formula is C16H32N2O2. The second-order valence-corrected chi connectivity index (χ2v) is 7.14. The second kappa shape index (κ2) is 6.90. The molecule has 3 atom stereocenters. The van der Waals surface area contributed by atoms with Crippen molar-refractivity contribution in [2.45, 2.75) is 65.6 Å². The van der Waals surface area contributed by atoms with Crippen LogP contribution in [0.3, 0.4) is 0 Å². The van der Waals surface area contributed by atoms with Gasteiger partial charge >= 0.3 is 0 Å². The van der Waals surface area contributed by atoms with Crippen LogP contribution in [0.4, 0.5) is 0 Å². The number of amides is 1. The maximum atomic E-state index is 12.3. The number of hydrogen-bond donors (Lipinski definition) is 1. The summed E-state index contributed by atoms with van der Waals surface area (Å²) in [5.41, 5.74) is 0.0951. The smallest absolute Gasteiger partial charge is 0.239 e. The topological polar surface area (TPSA) is 41.6 Å². The lowest BCUT2D eigenvalue weighted by Crippen LogP contribution is -2.64. The third-order valence-corrected chi connectivity index (χ3v) is 4.39. The van der Waals surface area contributed by atoms with Crippen LogP contribution in [0.5, 0.6) is 0 Å². The molecule has 0 bridgehead atoms. The van der Waals surface area contributed by atoms with Crippen LogP contribution in [-0.4, -0.2) is 49.7 Å². The molecule has 1 N–H and O–H groups in total. The summed E-state index contributed by atoms with van der Waals surface area (Å²) >= 11 is 0. The standard InChI is InChI=1S/C16H32N2O2/c1-8-20-14-10-13(16(14,4)5)17-12(9-11(2)3)15(19)18(6)7/h11-14,17H,8-10H2,1-7H3. The van der Waals surface area contributed by atoms with Gasteiger partial charge in [0.05, 0.1) is 12.1 Å². The van der Waals surface area contributed by atoms with Crippen molar-refractivity contribution in [2.24, 2.45) is 11.3 Å². The molecule has 0 aliphatic heterocycles. The third kappa shape index (κ3) is 3.95. The molecule has 0 aromatic heterocycles. The Kier molecular flexibility index (Phi) is 6.02. The molecule has 1 saturated carbocycles. The molecule has 4 heteroatoms. The van der Waals surface area contributed by atoms with Gasteiger partial charge in [0, 0.05) is 32.2 Å². The Morgan fingerprint density at radius 3 is 2.40 bits per heavy atom. The van der Waals surface area contributed by atoms with Gasteiger partial charge in [0.2, 0.25) is 5.91 Å². The molecule has 1 fully saturated rings. The van der Waals surface area contributed by atoms with E-state index in [0.717, 1.165) is 19.4 Å². The van der Waals surface area contributed by atoms with Gasteiger partial charge in [-0.1, -0.05) is 27.7 Å². The Morgan fingerprint density at radius 1 is 1.40 bits per heavy atom. The Bertz CT molecular complexity index is 326. The molecule has 0 aromatic carbocycles. The van der Waals surface area contributed by atoms with Crippen LogP contribution in [0.2, 0.25) is 0 Å². The molecule has 0 aromatic rings. The van der Waals surface area contributed by atoms with Crippen molar-refractivity contribution in [2.75, 3.05) is 20.7 Å². The van der Waals surface area contributed by atoms with Crippen LogP contribution in [0.1, 0.15) is 47.5 Å². The van der Waals surface area contributed by atoms with Gasteiger partial charge < -0.3 is 15.0 Å². The third-order valence-electron chi connectivity index (χ3n) is 4.39. The van der Waals surface area contributed by atoms with E-state index in [1.54, 1.807) is 4.90 Å². The fourth-order valence-electron chi connectivity index (χ4n) is 2.92. The molecule has 0 saturated heterocycles. The van der Waals surface area contributed by atoms with Crippen molar-refractivity contribution in [1.29, 1.82) is 0 Å². The SMILES string of the molecule is CCOC1CC(NC(CC(C)C)C(=O)N(C)C)C1(C)C. The maximum absolute atomic E-state index is 12.3. The van der Waals surface area contributed by atoms with Crippen LogP contribution in [-0.2, 0) is 9.53 Å². The highest BCUT2D eigenvalue weighted by atomic mass is 16.5. The fraction of sp³-hybridized carbons (Fsp3) is 0.938. The van der Waals surface area contributed by atoms with Crippen LogP contribution in [0, 0.1) is 11.3 Å². The van der Waals surface area contributed by atoms with Crippen LogP contribution >= 0.6 is 0 Å². The zero-order valence-corrected chi connectivity index (χ0v) is 14.2. The first kappa shape index (κ1) is 17.4. The number of hydrogen-bond acceptors (Lipinski definition) is 3. The Labute approximate surface area is 124 Å². The summed E-state index contributed by atoms with van der Waals surface area (Å²) in [5, 5.41) is 3.57. The lowest BCUT2D eigenvalue weighted by Gasteiger charge is -2.53. The average molecular weight is 284 g/mol. The summed E-state index contributed by atoms with van der Waals surface area (Å²) in [6.45, 7) is 11.6. The van der Waals surface area contributed by atoms with Crippen LogP contribution < -0.4 is 5.32 Å². The highest BCUT2D eigenvalue weighted by Gasteiger charge is 2.49. The number of likely N-dealkylation sites (N-methyl/N-ethyl adjacent to an activating group) is 1. The minimum Gasteiger partial charge on any atom is -0.378 e. The van der Waals surface area contributed by atoms with Crippen molar-refractivity contribution in [3.63, 3.8) is 0 Å². The van der Waals surface area contributed by atoms with Crippen molar-refractivity contribution in [1.82, 2.24) is 10.2 Å². The minimum absolute atomic E-state index is 0.0862. The highest BCUT2D eigenvalue weighted by molar-refractivity contribution is 5.81. The van der Waals surface area contributed by atoms with E-state index in [1.807, 2.05) is 21.0 Å². The molecule has 0 heterocycles. The molecule has 0 radical (unpaired) electrons. The van der Waals surface area contributed by atoms with Gasteiger partial charge in [0.15, 0.2) is 0 Å². The largest absolute Gasteiger partial charge is 0.378 e. The number of carbonyl (C=O) groups excluding carboxylic acids is 1. The zero-order valence-electron chi connectivity index (χ0n) is 14.2. The Balaban J connectivity index is 2.65. The van der Waals surface area contributed by atoms with Crippen molar-refractivity contribution < 1.29 is 9.53 Å². The van der Waals surface area contributed by atoms with E-state index in [1.165, 1.54) is 0 Å². The van der Waals surface area contributed by atoms with Crippen molar-refractivity contribution in [3.8, 4) is 0 Å². The minimum atomic E-state index is -0.0862. The van der Waals surface area contributed by atoms with E-state index in [2.05, 4.69) is 33.0 Å². The number of nitrogens with one attached hydrogen (secondary N) is 1.